The SMILES string of the molecule is CCC1(CNC(=NC)NCc2ccc(-n3ccnc3)nc2)CCCC1. The van der Waals surface area contributed by atoms with Gasteiger partial charge in [-0.3, -0.25) is 9.56 Å². The van der Waals surface area contributed by atoms with Gasteiger partial charge in [0, 0.05) is 38.7 Å². The highest BCUT2D eigenvalue weighted by molar-refractivity contribution is 5.79. The van der Waals surface area contributed by atoms with Gasteiger partial charge in [0.2, 0.25) is 0 Å². The van der Waals surface area contributed by atoms with Crippen LogP contribution in [-0.4, -0.2) is 34.1 Å². The van der Waals surface area contributed by atoms with E-state index in [1.165, 1.54) is 32.1 Å². The van der Waals surface area contributed by atoms with Crippen molar-refractivity contribution in [3.05, 3.63) is 42.6 Å². The minimum atomic E-state index is 0.450. The van der Waals surface area contributed by atoms with Gasteiger partial charge < -0.3 is 10.6 Å². The van der Waals surface area contributed by atoms with Crippen LogP contribution in [-0.2, 0) is 6.54 Å². The van der Waals surface area contributed by atoms with Crippen molar-refractivity contribution in [3.63, 3.8) is 0 Å². The van der Waals surface area contributed by atoms with Crippen molar-refractivity contribution in [2.45, 2.75) is 45.6 Å². The smallest absolute Gasteiger partial charge is 0.191 e. The van der Waals surface area contributed by atoms with E-state index in [4.69, 9.17) is 0 Å². The molecular weight excluding hydrogens is 312 g/mol. The van der Waals surface area contributed by atoms with E-state index < -0.39 is 0 Å². The third-order valence-electron chi connectivity index (χ3n) is 5.31. The molecule has 1 saturated carbocycles. The van der Waals surface area contributed by atoms with Crippen LogP contribution in [0.5, 0.6) is 0 Å². The minimum Gasteiger partial charge on any atom is -0.356 e. The summed E-state index contributed by atoms with van der Waals surface area (Å²) in [5.41, 5.74) is 1.57. The van der Waals surface area contributed by atoms with Crippen LogP contribution >= 0.6 is 0 Å². The highest BCUT2D eigenvalue weighted by Gasteiger charge is 2.31. The summed E-state index contributed by atoms with van der Waals surface area (Å²) in [4.78, 5) is 12.9. The molecule has 0 spiro atoms. The summed E-state index contributed by atoms with van der Waals surface area (Å²) in [5.74, 6) is 1.73. The van der Waals surface area contributed by atoms with E-state index in [0.29, 0.717) is 12.0 Å². The Balaban J connectivity index is 1.51. The third-order valence-corrected chi connectivity index (χ3v) is 5.31. The third kappa shape index (κ3) is 4.38. The van der Waals surface area contributed by atoms with Crippen LogP contribution in [0.2, 0.25) is 0 Å². The first-order valence-electron chi connectivity index (χ1n) is 9.12. The number of aromatic nitrogens is 3. The number of hydrogen-bond donors (Lipinski definition) is 2. The van der Waals surface area contributed by atoms with Gasteiger partial charge in [0.1, 0.15) is 12.1 Å². The average Bonchev–Trinajstić information content (AvgIpc) is 3.35. The Labute approximate surface area is 149 Å². The number of hydrogen-bond acceptors (Lipinski definition) is 3. The van der Waals surface area contributed by atoms with Crippen LogP contribution in [0.25, 0.3) is 5.82 Å². The molecule has 0 bridgehead atoms. The lowest BCUT2D eigenvalue weighted by Crippen LogP contribution is -2.42. The Kier molecular flexibility index (Phi) is 5.68. The van der Waals surface area contributed by atoms with Gasteiger partial charge in [0.15, 0.2) is 5.96 Å². The van der Waals surface area contributed by atoms with Gasteiger partial charge in [-0.25, -0.2) is 9.97 Å². The fourth-order valence-corrected chi connectivity index (χ4v) is 3.53. The number of nitrogens with one attached hydrogen (secondary N) is 2. The summed E-state index contributed by atoms with van der Waals surface area (Å²) in [6, 6.07) is 4.08. The molecule has 6 nitrogen and oxygen atoms in total. The number of imidazole rings is 1. The van der Waals surface area contributed by atoms with E-state index in [-0.39, 0.29) is 0 Å². The maximum Gasteiger partial charge on any atom is 0.191 e. The number of rotatable bonds is 6. The van der Waals surface area contributed by atoms with Crippen LogP contribution in [0, 0.1) is 5.41 Å². The summed E-state index contributed by atoms with van der Waals surface area (Å²) in [6.45, 7) is 4.01. The zero-order valence-corrected chi connectivity index (χ0v) is 15.2. The van der Waals surface area contributed by atoms with Crippen LogP contribution < -0.4 is 10.6 Å². The van der Waals surface area contributed by atoms with Gasteiger partial charge in [-0.05, 0) is 36.3 Å². The molecule has 25 heavy (non-hydrogen) atoms. The zero-order chi connectivity index (χ0) is 17.5. The molecule has 1 fully saturated rings. The second-order valence-corrected chi connectivity index (χ2v) is 6.83. The lowest BCUT2D eigenvalue weighted by molar-refractivity contribution is 0.283. The summed E-state index contributed by atoms with van der Waals surface area (Å²) in [7, 11) is 1.82. The van der Waals surface area contributed by atoms with Crippen molar-refractivity contribution in [3.8, 4) is 5.82 Å². The van der Waals surface area contributed by atoms with Gasteiger partial charge in [-0.15, -0.1) is 0 Å². The van der Waals surface area contributed by atoms with Crippen molar-refractivity contribution in [2.24, 2.45) is 10.4 Å². The van der Waals surface area contributed by atoms with Gasteiger partial charge in [-0.1, -0.05) is 25.8 Å². The Morgan fingerprint density at radius 1 is 1.28 bits per heavy atom. The quantitative estimate of drug-likeness (QED) is 0.627. The lowest BCUT2D eigenvalue weighted by atomic mass is 9.83. The Hall–Kier alpha value is -2.37. The summed E-state index contributed by atoms with van der Waals surface area (Å²) in [5, 5.41) is 6.90. The summed E-state index contributed by atoms with van der Waals surface area (Å²) < 4.78 is 1.89. The van der Waals surface area contributed by atoms with Crippen molar-refractivity contribution in [1.82, 2.24) is 25.2 Å². The Morgan fingerprint density at radius 2 is 2.12 bits per heavy atom. The molecule has 1 aliphatic carbocycles. The molecule has 2 aromatic rings. The standard InChI is InChI=1S/C19H28N6/c1-3-19(8-4-5-9-19)14-24-18(20-2)23-13-16-6-7-17(22-12-16)25-11-10-21-15-25/h6-7,10-12,15H,3-5,8-9,13-14H2,1-2H3,(H2,20,23,24). The van der Waals surface area contributed by atoms with Crippen molar-refractivity contribution >= 4 is 5.96 Å². The van der Waals surface area contributed by atoms with Gasteiger partial charge in [-0.2, -0.15) is 0 Å². The molecule has 0 radical (unpaired) electrons. The predicted octanol–water partition coefficient (Wildman–Crippen LogP) is 2.90. The number of pyridine rings is 1. The van der Waals surface area contributed by atoms with E-state index in [0.717, 1.165) is 23.9 Å². The highest BCUT2D eigenvalue weighted by Crippen LogP contribution is 2.40. The number of guanidine groups is 1. The average molecular weight is 340 g/mol. The first-order chi connectivity index (χ1) is 12.2. The van der Waals surface area contributed by atoms with Crippen LogP contribution in [0.15, 0.2) is 42.0 Å². The van der Waals surface area contributed by atoms with Crippen LogP contribution in [0.3, 0.4) is 0 Å². The Bertz CT molecular complexity index is 668. The van der Waals surface area contributed by atoms with Crippen molar-refractivity contribution < 1.29 is 0 Å². The van der Waals surface area contributed by atoms with Gasteiger partial charge in [0.25, 0.3) is 0 Å². The zero-order valence-electron chi connectivity index (χ0n) is 15.2. The maximum atomic E-state index is 4.48. The lowest BCUT2D eigenvalue weighted by Gasteiger charge is -2.28. The highest BCUT2D eigenvalue weighted by atomic mass is 15.2. The Morgan fingerprint density at radius 3 is 2.72 bits per heavy atom. The summed E-state index contributed by atoms with van der Waals surface area (Å²) >= 11 is 0. The topological polar surface area (TPSA) is 67.1 Å². The van der Waals surface area contributed by atoms with E-state index >= 15 is 0 Å². The monoisotopic (exact) mass is 340 g/mol. The molecule has 2 N–H and O–H groups in total. The summed E-state index contributed by atoms with van der Waals surface area (Å²) in [6.07, 6.45) is 13.9. The molecule has 0 amide bonds. The normalized spacial score (nSPS) is 16.8. The van der Waals surface area contributed by atoms with E-state index in [2.05, 4.69) is 38.6 Å². The molecular formula is C19H28N6. The maximum absolute atomic E-state index is 4.48. The first kappa shape index (κ1) is 17.5. The molecule has 0 saturated heterocycles. The second kappa shape index (κ2) is 8.14. The van der Waals surface area contributed by atoms with Crippen LogP contribution in [0.1, 0.15) is 44.6 Å². The van der Waals surface area contributed by atoms with E-state index in [9.17, 15) is 0 Å². The van der Waals surface area contributed by atoms with Crippen LogP contribution in [0.4, 0.5) is 0 Å². The van der Waals surface area contributed by atoms with Gasteiger partial charge in [0.05, 0.1) is 0 Å². The molecule has 0 atom stereocenters. The van der Waals surface area contributed by atoms with Gasteiger partial charge >= 0.3 is 0 Å². The molecule has 2 heterocycles. The molecule has 3 rings (SSSR count). The fraction of sp³-hybridized carbons (Fsp3) is 0.526. The molecule has 6 heteroatoms. The van der Waals surface area contributed by atoms with E-state index in [1.54, 1.807) is 12.5 Å². The molecule has 134 valence electrons. The molecule has 0 aliphatic heterocycles. The minimum absolute atomic E-state index is 0.450. The number of nitrogens with zero attached hydrogens (tertiary/aromatic N) is 4. The largest absolute Gasteiger partial charge is 0.356 e. The molecule has 0 unspecified atom stereocenters. The van der Waals surface area contributed by atoms with Crippen molar-refractivity contribution in [1.29, 1.82) is 0 Å². The number of aliphatic imine (C=N–C) groups is 1. The van der Waals surface area contributed by atoms with Crippen molar-refractivity contribution in [2.75, 3.05) is 13.6 Å². The second-order valence-electron chi connectivity index (χ2n) is 6.83. The van der Waals surface area contributed by atoms with E-state index in [1.807, 2.05) is 30.1 Å². The predicted molar refractivity (Wildman–Crippen MR) is 101 cm³/mol. The first-order valence-corrected chi connectivity index (χ1v) is 9.12. The fourth-order valence-electron chi connectivity index (χ4n) is 3.53. The molecule has 2 aromatic heterocycles. The molecule has 0 aromatic carbocycles. The molecule has 1 aliphatic rings.